The summed E-state index contributed by atoms with van der Waals surface area (Å²) in [6.07, 6.45) is 1.97. The number of rotatable bonds is 12. The molecule has 0 saturated heterocycles. The van der Waals surface area contributed by atoms with Crippen LogP contribution >= 0.6 is 0 Å². The van der Waals surface area contributed by atoms with Gasteiger partial charge in [-0.25, -0.2) is 0 Å². The molecule has 112 valence electrons. The van der Waals surface area contributed by atoms with Crippen LogP contribution in [0.2, 0.25) is 0 Å². The summed E-state index contributed by atoms with van der Waals surface area (Å²) in [5.41, 5.74) is 0. The zero-order chi connectivity index (χ0) is 14.5. The Bertz CT molecular complexity index is 254. The molecular weight excluding hydrogens is 246 g/mol. The lowest BCUT2D eigenvalue weighted by Gasteiger charge is -2.08. The molecule has 0 aromatic rings. The van der Waals surface area contributed by atoms with Crippen molar-refractivity contribution in [1.82, 2.24) is 5.32 Å². The predicted octanol–water partition coefficient (Wildman–Crippen LogP) is 1.55. The number of ketones is 1. The van der Waals surface area contributed by atoms with Crippen molar-refractivity contribution < 1.29 is 19.1 Å². The lowest BCUT2D eigenvalue weighted by molar-refractivity contribution is -0.124. The first-order chi connectivity index (χ1) is 9.07. The molecule has 1 amide bonds. The van der Waals surface area contributed by atoms with Crippen molar-refractivity contribution in [2.75, 3.05) is 33.0 Å². The molecule has 0 atom stereocenters. The maximum atomic E-state index is 11.2. The Balaban J connectivity index is 3.15. The van der Waals surface area contributed by atoms with Gasteiger partial charge < -0.3 is 14.8 Å². The van der Waals surface area contributed by atoms with E-state index >= 15 is 0 Å². The van der Waals surface area contributed by atoms with Crippen molar-refractivity contribution in [3.8, 4) is 0 Å². The van der Waals surface area contributed by atoms with Crippen LogP contribution in [0.15, 0.2) is 0 Å². The smallest absolute Gasteiger partial charge is 0.222 e. The summed E-state index contributed by atoms with van der Waals surface area (Å²) in [6.45, 7) is 8.24. The zero-order valence-corrected chi connectivity index (χ0v) is 12.4. The number of nitrogens with one attached hydrogen (secondary N) is 1. The topological polar surface area (TPSA) is 64.6 Å². The fourth-order valence-corrected chi connectivity index (χ4v) is 1.32. The normalized spacial score (nSPS) is 10.7. The highest BCUT2D eigenvalue weighted by molar-refractivity contribution is 5.78. The molecular formula is C14H27NO4. The highest BCUT2D eigenvalue weighted by Crippen LogP contribution is 1.95. The zero-order valence-electron chi connectivity index (χ0n) is 12.4. The van der Waals surface area contributed by atoms with Crippen molar-refractivity contribution in [3.05, 3.63) is 0 Å². The quantitative estimate of drug-likeness (QED) is 0.548. The van der Waals surface area contributed by atoms with E-state index < -0.39 is 0 Å². The molecule has 0 aliphatic heterocycles. The molecule has 5 heteroatoms. The summed E-state index contributed by atoms with van der Waals surface area (Å²) in [6, 6.07) is 0. The maximum Gasteiger partial charge on any atom is 0.222 e. The third-order valence-corrected chi connectivity index (χ3v) is 2.58. The third-order valence-electron chi connectivity index (χ3n) is 2.58. The van der Waals surface area contributed by atoms with Gasteiger partial charge in [0.1, 0.15) is 5.78 Å². The first-order valence-corrected chi connectivity index (χ1v) is 7.02. The molecule has 0 rings (SSSR count). The summed E-state index contributed by atoms with van der Waals surface area (Å²) in [5, 5.41) is 2.77. The Morgan fingerprint density at radius 3 is 2.26 bits per heavy atom. The minimum absolute atomic E-state index is 0.00849. The maximum absolute atomic E-state index is 11.2. The van der Waals surface area contributed by atoms with Gasteiger partial charge in [-0.1, -0.05) is 20.8 Å². The Hall–Kier alpha value is -0.940. The highest BCUT2D eigenvalue weighted by atomic mass is 16.5. The van der Waals surface area contributed by atoms with Gasteiger partial charge in [-0.15, -0.1) is 0 Å². The van der Waals surface area contributed by atoms with Crippen LogP contribution in [-0.4, -0.2) is 44.7 Å². The first kappa shape index (κ1) is 18.1. The van der Waals surface area contributed by atoms with E-state index in [9.17, 15) is 9.59 Å². The fraction of sp³-hybridized carbons (Fsp3) is 0.857. The van der Waals surface area contributed by atoms with Gasteiger partial charge >= 0.3 is 0 Å². The number of carbonyl (C=O) groups excluding carboxylic acids is 2. The Labute approximate surface area is 116 Å². The monoisotopic (exact) mass is 273 g/mol. The molecule has 0 heterocycles. The summed E-state index contributed by atoms with van der Waals surface area (Å²) in [5.74, 6) is 0.329. The minimum atomic E-state index is 0.00849. The average molecular weight is 273 g/mol. The Morgan fingerprint density at radius 1 is 1.05 bits per heavy atom. The second-order valence-corrected chi connectivity index (χ2v) is 4.67. The molecule has 0 saturated carbocycles. The van der Waals surface area contributed by atoms with Gasteiger partial charge in [-0.3, -0.25) is 9.59 Å². The molecule has 0 aliphatic rings. The molecule has 0 aliphatic carbocycles. The van der Waals surface area contributed by atoms with Crippen LogP contribution in [0, 0.1) is 5.92 Å². The van der Waals surface area contributed by atoms with Crippen LogP contribution in [0.25, 0.3) is 0 Å². The summed E-state index contributed by atoms with van der Waals surface area (Å²) >= 11 is 0. The van der Waals surface area contributed by atoms with Crippen molar-refractivity contribution in [3.63, 3.8) is 0 Å². The number of hydrogen-bond acceptors (Lipinski definition) is 4. The van der Waals surface area contributed by atoms with Gasteiger partial charge in [0.05, 0.1) is 19.8 Å². The Kier molecular flexibility index (Phi) is 11.5. The van der Waals surface area contributed by atoms with Crippen LogP contribution in [0.5, 0.6) is 0 Å². The molecule has 0 aromatic heterocycles. The van der Waals surface area contributed by atoms with E-state index in [1.54, 1.807) is 0 Å². The SMILES string of the molecule is CCC(=O)CCCOCCOCCNC(=O)C(C)C. The molecule has 5 nitrogen and oxygen atoms in total. The minimum Gasteiger partial charge on any atom is -0.379 e. The van der Waals surface area contributed by atoms with Gasteiger partial charge in [0.2, 0.25) is 5.91 Å². The van der Waals surface area contributed by atoms with Crippen molar-refractivity contribution in [1.29, 1.82) is 0 Å². The largest absolute Gasteiger partial charge is 0.379 e. The fourth-order valence-electron chi connectivity index (χ4n) is 1.32. The lowest BCUT2D eigenvalue weighted by atomic mass is 10.2. The lowest BCUT2D eigenvalue weighted by Crippen LogP contribution is -2.31. The van der Waals surface area contributed by atoms with Crippen molar-refractivity contribution in [2.45, 2.75) is 40.0 Å². The molecule has 0 fully saturated rings. The molecule has 19 heavy (non-hydrogen) atoms. The van der Waals surface area contributed by atoms with Crippen LogP contribution in [0.4, 0.5) is 0 Å². The van der Waals surface area contributed by atoms with Gasteiger partial charge in [0.25, 0.3) is 0 Å². The Morgan fingerprint density at radius 2 is 1.68 bits per heavy atom. The number of hydrogen-bond donors (Lipinski definition) is 1. The van der Waals surface area contributed by atoms with E-state index in [0.29, 0.717) is 45.8 Å². The standard InChI is InChI=1S/C14H27NO4/c1-4-13(16)6-5-8-18-10-11-19-9-7-15-14(17)12(2)3/h12H,4-11H2,1-3H3,(H,15,17). The molecule has 0 radical (unpaired) electrons. The third kappa shape index (κ3) is 11.9. The molecule has 0 bridgehead atoms. The number of amides is 1. The second kappa shape index (κ2) is 12.1. The molecule has 1 N–H and O–H groups in total. The van der Waals surface area contributed by atoms with Crippen LogP contribution in [0.3, 0.4) is 0 Å². The van der Waals surface area contributed by atoms with Crippen LogP contribution < -0.4 is 5.32 Å². The van der Waals surface area contributed by atoms with E-state index in [-0.39, 0.29) is 17.6 Å². The first-order valence-electron chi connectivity index (χ1n) is 7.02. The van der Waals surface area contributed by atoms with Gasteiger partial charge in [-0.2, -0.15) is 0 Å². The number of Topliss-reactive ketones (excluding diaryl/α,β-unsaturated/α-hetero) is 1. The van der Waals surface area contributed by atoms with E-state index in [2.05, 4.69) is 5.32 Å². The van der Waals surface area contributed by atoms with E-state index in [0.717, 1.165) is 6.42 Å². The average Bonchev–Trinajstić information content (AvgIpc) is 2.39. The van der Waals surface area contributed by atoms with E-state index in [4.69, 9.17) is 9.47 Å². The van der Waals surface area contributed by atoms with Gasteiger partial charge in [0.15, 0.2) is 0 Å². The number of carbonyl (C=O) groups is 2. The second-order valence-electron chi connectivity index (χ2n) is 4.67. The van der Waals surface area contributed by atoms with Gasteiger partial charge in [-0.05, 0) is 6.42 Å². The van der Waals surface area contributed by atoms with Crippen molar-refractivity contribution >= 4 is 11.7 Å². The van der Waals surface area contributed by atoms with Crippen LogP contribution in [0.1, 0.15) is 40.0 Å². The molecule has 0 unspecified atom stereocenters. The summed E-state index contributed by atoms with van der Waals surface area (Å²) < 4.78 is 10.6. The summed E-state index contributed by atoms with van der Waals surface area (Å²) in [4.78, 5) is 22.2. The van der Waals surface area contributed by atoms with Gasteiger partial charge in [0, 0.05) is 31.9 Å². The molecule has 0 aromatic carbocycles. The van der Waals surface area contributed by atoms with E-state index in [1.165, 1.54) is 0 Å². The predicted molar refractivity (Wildman–Crippen MR) is 74.0 cm³/mol. The molecule has 0 spiro atoms. The van der Waals surface area contributed by atoms with E-state index in [1.807, 2.05) is 20.8 Å². The van der Waals surface area contributed by atoms with Crippen molar-refractivity contribution in [2.24, 2.45) is 5.92 Å². The van der Waals surface area contributed by atoms with Crippen LogP contribution in [-0.2, 0) is 19.1 Å². The highest BCUT2D eigenvalue weighted by Gasteiger charge is 2.04. The summed E-state index contributed by atoms with van der Waals surface area (Å²) in [7, 11) is 0. The number of ether oxygens (including phenoxy) is 2.